The number of hydrogen-bond acceptors (Lipinski definition) is 5. The topological polar surface area (TPSA) is 73.9 Å². The Morgan fingerprint density at radius 1 is 1.08 bits per heavy atom. The Labute approximate surface area is 157 Å². The molecule has 0 spiro atoms. The number of para-hydroxylation sites is 1. The van der Waals surface area contributed by atoms with Crippen molar-refractivity contribution in [3.8, 4) is 11.5 Å². The fraction of sp³-hybridized carbons (Fsp3) is 0.263. The van der Waals surface area contributed by atoms with E-state index in [1.165, 1.54) is 21.1 Å². The van der Waals surface area contributed by atoms with Crippen molar-refractivity contribution in [2.75, 3.05) is 19.5 Å². The molecule has 0 aliphatic carbocycles. The minimum Gasteiger partial charge on any atom is -0.493 e. The molecule has 138 valence electrons. The zero-order valence-electron chi connectivity index (χ0n) is 14.8. The summed E-state index contributed by atoms with van der Waals surface area (Å²) in [6.07, 6.45) is 0.0242. The van der Waals surface area contributed by atoms with Gasteiger partial charge < -0.3 is 19.5 Å². The maximum absolute atomic E-state index is 12.2. The predicted octanol–water partition coefficient (Wildman–Crippen LogP) is 3.60. The summed E-state index contributed by atoms with van der Waals surface area (Å²) in [6.45, 7) is 1.39. The van der Waals surface area contributed by atoms with Gasteiger partial charge in [0, 0.05) is 28.8 Å². The molecule has 0 bridgehead atoms. The van der Waals surface area contributed by atoms with Gasteiger partial charge in [0.1, 0.15) is 6.61 Å². The van der Waals surface area contributed by atoms with Crippen LogP contribution in [0.4, 0.5) is 5.69 Å². The summed E-state index contributed by atoms with van der Waals surface area (Å²) in [7, 11) is 3.04. The van der Waals surface area contributed by atoms with Crippen LogP contribution in [0, 0.1) is 0 Å². The summed E-state index contributed by atoms with van der Waals surface area (Å²) in [5.74, 6) is 0.376. The van der Waals surface area contributed by atoms with E-state index in [9.17, 15) is 9.59 Å². The fourth-order valence-corrected chi connectivity index (χ4v) is 2.65. The smallest absolute Gasteiger partial charge is 0.310 e. The number of anilines is 1. The minimum absolute atomic E-state index is 0.0126. The lowest BCUT2D eigenvalue weighted by Gasteiger charge is -2.13. The Morgan fingerprint density at radius 3 is 2.50 bits per heavy atom. The lowest BCUT2D eigenvalue weighted by Crippen LogP contribution is -2.12. The molecule has 0 atom stereocenters. The maximum Gasteiger partial charge on any atom is 0.310 e. The molecule has 26 heavy (non-hydrogen) atoms. The Hall–Kier alpha value is -2.73. The number of benzene rings is 2. The van der Waals surface area contributed by atoms with Gasteiger partial charge in [-0.05, 0) is 24.3 Å². The number of methoxy groups -OCH3 is 2. The molecular weight excluding hydrogens is 358 g/mol. The zero-order chi connectivity index (χ0) is 19.1. The number of esters is 1. The van der Waals surface area contributed by atoms with Crippen molar-refractivity contribution in [3.63, 3.8) is 0 Å². The van der Waals surface area contributed by atoms with Crippen LogP contribution in [0.1, 0.15) is 18.1 Å². The van der Waals surface area contributed by atoms with Gasteiger partial charge in [-0.15, -0.1) is 0 Å². The zero-order valence-corrected chi connectivity index (χ0v) is 15.6. The van der Waals surface area contributed by atoms with Crippen LogP contribution in [0.5, 0.6) is 11.5 Å². The third-order valence-corrected chi connectivity index (χ3v) is 3.82. The summed E-state index contributed by atoms with van der Waals surface area (Å²) in [5.41, 5.74) is 1.82. The highest BCUT2D eigenvalue weighted by Gasteiger charge is 2.15. The van der Waals surface area contributed by atoms with Crippen molar-refractivity contribution in [3.05, 3.63) is 52.5 Å². The molecule has 1 amide bonds. The number of carbonyl (C=O) groups is 2. The summed E-state index contributed by atoms with van der Waals surface area (Å²) < 4.78 is 15.9. The Bertz CT molecular complexity index is 807. The first kappa shape index (κ1) is 19.6. The molecule has 2 rings (SSSR count). The van der Waals surface area contributed by atoms with Crippen molar-refractivity contribution in [1.82, 2.24) is 0 Å². The number of amides is 1. The van der Waals surface area contributed by atoms with Gasteiger partial charge in [0.25, 0.3) is 0 Å². The Kier molecular flexibility index (Phi) is 6.86. The second-order valence-electron chi connectivity index (χ2n) is 5.47. The lowest BCUT2D eigenvalue weighted by atomic mass is 10.1. The second-order valence-corrected chi connectivity index (χ2v) is 5.91. The van der Waals surface area contributed by atoms with Crippen LogP contribution >= 0.6 is 11.6 Å². The van der Waals surface area contributed by atoms with E-state index in [0.29, 0.717) is 33.3 Å². The highest BCUT2D eigenvalue weighted by atomic mass is 35.5. The van der Waals surface area contributed by atoms with Crippen LogP contribution in [0.3, 0.4) is 0 Å². The van der Waals surface area contributed by atoms with Crippen LogP contribution in [0.25, 0.3) is 0 Å². The van der Waals surface area contributed by atoms with Gasteiger partial charge in [0.15, 0.2) is 11.5 Å². The molecule has 6 nitrogen and oxygen atoms in total. The number of nitrogens with one attached hydrogen (secondary N) is 1. The molecule has 0 aromatic heterocycles. The number of carbonyl (C=O) groups excluding carboxylic acids is 2. The third-order valence-electron chi connectivity index (χ3n) is 3.59. The van der Waals surface area contributed by atoms with E-state index < -0.39 is 5.97 Å². The van der Waals surface area contributed by atoms with Crippen molar-refractivity contribution >= 4 is 29.2 Å². The van der Waals surface area contributed by atoms with Gasteiger partial charge in [-0.1, -0.05) is 23.7 Å². The van der Waals surface area contributed by atoms with E-state index in [1.807, 2.05) is 0 Å². The van der Waals surface area contributed by atoms with Crippen molar-refractivity contribution < 1.29 is 23.8 Å². The van der Waals surface area contributed by atoms with Crippen LogP contribution in [-0.4, -0.2) is 26.1 Å². The third kappa shape index (κ3) is 5.13. The molecular formula is C19H20ClNO5. The molecule has 0 fully saturated rings. The first-order chi connectivity index (χ1) is 12.4. The number of hydrogen-bond donors (Lipinski definition) is 1. The van der Waals surface area contributed by atoms with Crippen LogP contribution in [-0.2, 0) is 27.4 Å². The van der Waals surface area contributed by atoms with E-state index in [2.05, 4.69) is 5.32 Å². The minimum atomic E-state index is -0.440. The molecule has 1 N–H and O–H groups in total. The normalized spacial score (nSPS) is 10.2. The molecule has 7 heteroatoms. The average Bonchev–Trinajstić information content (AvgIpc) is 2.61. The van der Waals surface area contributed by atoms with Gasteiger partial charge >= 0.3 is 5.97 Å². The quantitative estimate of drug-likeness (QED) is 0.746. The average molecular weight is 378 g/mol. The standard InChI is InChI=1S/C19H20ClNO5/c1-12(22)21-16-8-7-15(20)9-14(16)11-26-18(23)10-13-5-4-6-17(24-2)19(13)25-3/h4-9H,10-11H2,1-3H3,(H,21,22). The maximum atomic E-state index is 12.2. The molecule has 0 radical (unpaired) electrons. The van der Waals surface area contributed by atoms with E-state index in [1.54, 1.807) is 36.4 Å². The summed E-state index contributed by atoms with van der Waals surface area (Å²) in [5, 5.41) is 3.17. The SMILES string of the molecule is COc1cccc(CC(=O)OCc2cc(Cl)ccc2NC(C)=O)c1OC. The number of halogens is 1. The van der Waals surface area contributed by atoms with Crippen LogP contribution < -0.4 is 14.8 Å². The Morgan fingerprint density at radius 2 is 1.85 bits per heavy atom. The molecule has 0 aliphatic rings. The molecule has 0 unspecified atom stereocenters. The van der Waals surface area contributed by atoms with E-state index >= 15 is 0 Å². The highest BCUT2D eigenvalue weighted by Crippen LogP contribution is 2.31. The molecule has 2 aromatic rings. The van der Waals surface area contributed by atoms with Gasteiger partial charge in [0.2, 0.25) is 5.91 Å². The van der Waals surface area contributed by atoms with Crippen LogP contribution in [0.15, 0.2) is 36.4 Å². The summed E-state index contributed by atoms with van der Waals surface area (Å²) in [6, 6.07) is 10.3. The molecule has 2 aromatic carbocycles. The van der Waals surface area contributed by atoms with Gasteiger partial charge in [0.05, 0.1) is 20.6 Å². The summed E-state index contributed by atoms with van der Waals surface area (Å²) >= 11 is 5.99. The van der Waals surface area contributed by atoms with Crippen molar-refractivity contribution in [1.29, 1.82) is 0 Å². The Balaban J connectivity index is 2.08. The first-order valence-corrected chi connectivity index (χ1v) is 8.24. The number of rotatable bonds is 7. The fourth-order valence-electron chi connectivity index (χ4n) is 2.45. The molecule has 0 saturated carbocycles. The molecule has 0 saturated heterocycles. The largest absolute Gasteiger partial charge is 0.493 e. The second kappa shape index (κ2) is 9.10. The highest BCUT2D eigenvalue weighted by molar-refractivity contribution is 6.30. The summed E-state index contributed by atoms with van der Waals surface area (Å²) in [4.78, 5) is 23.5. The van der Waals surface area contributed by atoms with E-state index in [4.69, 9.17) is 25.8 Å². The van der Waals surface area contributed by atoms with Crippen LogP contribution in [0.2, 0.25) is 5.02 Å². The van der Waals surface area contributed by atoms with Gasteiger partial charge in [-0.3, -0.25) is 9.59 Å². The van der Waals surface area contributed by atoms with Crippen molar-refractivity contribution in [2.24, 2.45) is 0 Å². The first-order valence-electron chi connectivity index (χ1n) is 7.86. The van der Waals surface area contributed by atoms with Gasteiger partial charge in [-0.2, -0.15) is 0 Å². The molecule has 0 heterocycles. The molecule has 0 aliphatic heterocycles. The van der Waals surface area contributed by atoms with E-state index in [-0.39, 0.29) is 18.9 Å². The monoisotopic (exact) mass is 377 g/mol. The lowest BCUT2D eigenvalue weighted by molar-refractivity contribution is -0.144. The predicted molar refractivity (Wildman–Crippen MR) is 98.8 cm³/mol. The van der Waals surface area contributed by atoms with E-state index in [0.717, 1.165) is 0 Å². The van der Waals surface area contributed by atoms with Crippen molar-refractivity contribution in [2.45, 2.75) is 20.0 Å². The van der Waals surface area contributed by atoms with Gasteiger partial charge in [-0.25, -0.2) is 0 Å². The number of ether oxygens (including phenoxy) is 3.